The van der Waals surface area contributed by atoms with E-state index in [2.05, 4.69) is 169 Å². The molecule has 0 saturated heterocycles. The number of furan rings is 1. The summed E-state index contributed by atoms with van der Waals surface area (Å²) in [5.41, 5.74) is 13.8. The van der Waals surface area contributed by atoms with Crippen LogP contribution < -0.4 is 5.32 Å². The Kier molecular flexibility index (Phi) is 8.39. The van der Waals surface area contributed by atoms with Gasteiger partial charge in [0.25, 0.3) is 0 Å². The number of nitrogens with zero attached hydrogens (tertiary/aromatic N) is 3. The average Bonchev–Trinajstić information content (AvgIpc) is 3.96. The van der Waals surface area contributed by atoms with Crippen LogP contribution in [0.2, 0.25) is 0 Å². The van der Waals surface area contributed by atoms with Crippen LogP contribution in [0.4, 0.5) is 5.69 Å². The van der Waals surface area contributed by atoms with Crippen molar-refractivity contribution in [3.05, 3.63) is 217 Å². The highest BCUT2D eigenvalue weighted by Gasteiger charge is 2.31. The number of hydrogen-bond acceptors (Lipinski definition) is 6. The fraction of sp³-hybridized carbons (Fsp3) is 0.0172. The number of thiophene rings is 1. The summed E-state index contributed by atoms with van der Waals surface area (Å²) in [5, 5.41) is 10.0. The first-order valence-corrected chi connectivity index (χ1v) is 22.4. The lowest BCUT2D eigenvalue weighted by Gasteiger charge is -2.29. The molecule has 13 rings (SSSR count). The zero-order valence-electron chi connectivity index (χ0n) is 34.4. The Morgan fingerprint density at radius 3 is 1.88 bits per heavy atom. The van der Waals surface area contributed by atoms with Crippen LogP contribution >= 0.6 is 11.3 Å². The minimum absolute atomic E-state index is 0.0270. The molecule has 1 atom stereocenters. The van der Waals surface area contributed by atoms with E-state index in [0.717, 1.165) is 66.6 Å². The topological polar surface area (TPSA) is 63.8 Å². The summed E-state index contributed by atoms with van der Waals surface area (Å²) < 4.78 is 7.67. The molecule has 0 radical (unpaired) electrons. The highest BCUT2D eigenvalue weighted by Crippen LogP contribution is 2.52. The van der Waals surface area contributed by atoms with Gasteiger partial charge in [0, 0.05) is 64.8 Å². The summed E-state index contributed by atoms with van der Waals surface area (Å²) in [5.74, 6) is 1.85. The normalized spacial score (nSPS) is 13.3. The van der Waals surface area contributed by atoms with Gasteiger partial charge in [0.15, 0.2) is 17.5 Å². The fourth-order valence-electron chi connectivity index (χ4n) is 9.51. The molecule has 4 heterocycles. The molecule has 64 heavy (non-hydrogen) atoms. The van der Waals surface area contributed by atoms with Crippen LogP contribution in [0.3, 0.4) is 0 Å². The molecular formula is C58H36N4OS. The maximum absolute atomic E-state index is 6.38. The molecule has 0 spiro atoms. The van der Waals surface area contributed by atoms with Gasteiger partial charge in [-0.05, 0) is 63.4 Å². The molecule has 5 nitrogen and oxygen atoms in total. The Morgan fingerprint density at radius 1 is 0.422 bits per heavy atom. The van der Waals surface area contributed by atoms with E-state index in [4.69, 9.17) is 19.4 Å². The smallest absolute Gasteiger partial charge is 0.164 e. The number of fused-ring (bicyclic) bond motifs is 9. The number of aromatic nitrogens is 3. The SMILES string of the molecule is c1ccc(-c2nc(-c3ccc(-c4cccc5c4oc4ccccc45)cc3)nc(-c3cccc(-c4ccc5c(c4)-c4c(sc6ccccc46)C(c4cccc6ccccc46)N5)c3)n2)cc1. The van der Waals surface area contributed by atoms with Gasteiger partial charge in [-0.15, -0.1) is 11.3 Å². The van der Waals surface area contributed by atoms with Gasteiger partial charge in [0.2, 0.25) is 0 Å². The molecule has 0 fully saturated rings. The van der Waals surface area contributed by atoms with Crippen LogP contribution in [0.5, 0.6) is 0 Å². The van der Waals surface area contributed by atoms with Crippen LogP contribution in [-0.2, 0) is 0 Å². The monoisotopic (exact) mass is 836 g/mol. The van der Waals surface area contributed by atoms with E-state index >= 15 is 0 Å². The third-order valence-corrected chi connectivity index (χ3v) is 13.8. The van der Waals surface area contributed by atoms with Crippen molar-refractivity contribution in [3.8, 4) is 67.5 Å². The minimum atomic E-state index is 0.0270. The third-order valence-electron chi connectivity index (χ3n) is 12.6. The summed E-state index contributed by atoms with van der Waals surface area (Å²) in [7, 11) is 0. The lowest BCUT2D eigenvalue weighted by molar-refractivity contribution is 0.670. The molecule has 0 amide bonds. The molecule has 12 aromatic rings. The van der Waals surface area contributed by atoms with Crippen molar-refractivity contribution in [1.82, 2.24) is 15.0 Å². The summed E-state index contributed by atoms with van der Waals surface area (Å²) in [6, 6.07) is 72.7. The largest absolute Gasteiger partial charge is 0.455 e. The van der Waals surface area contributed by atoms with Gasteiger partial charge in [0.05, 0.1) is 6.04 Å². The minimum Gasteiger partial charge on any atom is -0.455 e. The predicted octanol–water partition coefficient (Wildman–Crippen LogP) is 15.7. The molecule has 0 saturated carbocycles. The number of rotatable bonds is 6. The molecule has 1 aliphatic heterocycles. The Hall–Kier alpha value is -8.19. The summed E-state index contributed by atoms with van der Waals surface area (Å²) in [6.45, 7) is 0. The van der Waals surface area contributed by atoms with Crippen molar-refractivity contribution in [2.75, 3.05) is 5.32 Å². The Labute approximate surface area is 373 Å². The number of hydrogen-bond donors (Lipinski definition) is 1. The molecule has 1 unspecified atom stereocenters. The average molecular weight is 837 g/mol. The van der Waals surface area contributed by atoms with Crippen molar-refractivity contribution >= 4 is 59.8 Å². The molecular weight excluding hydrogens is 801 g/mol. The fourth-order valence-corrected chi connectivity index (χ4v) is 10.8. The highest BCUT2D eigenvalue weighted by atomic mass is 32.1. The number of benzene rings is 9. The van der Waals surface area contributed by atoms with E-state index in [1.54, 1.807) is 0 Å². The first-order valence-electron chi connectivity index (χ1n) is 21.5. The zero-order valence-corrected chi connectivity index (χ0v) is 35.2. The van der Waals surface area contributed by atoms with Crippen molar-refractivity contribution in [2.24, 2.45) is 0 Å². The lowest BCUT2D eigenvalue weighted by Crippen LogP contribution is -2.16. The molecule has 1 N–H and O–H groups in total. The standard InChI is InChI=1S/C58H36N4OS/c1-2-14-37(15-3-1)56-60-57(38-29-27-36(28-30-38)43-22-12-24-46-44-20-6-8-25-50(44)63-54(43)46)62-58(61-56)41-18-10-17-39(33-41)40-31-32-49-48(34-40)52-47-21-7-9-26-51(47)64-55(52)53(59-49)45-23-11-16-35-13-4-5-19-42(35)45/h1-34,53,59H. The van der Waals surface area contributed by atoms with Gasteiger partial charge in [-0.1, -0.05) is 176 Å². The van der Waals surface area contributed by atoms with E-state index in [9.17, 15) is 0 Å². The van der Waals surface area contributed by atoms with Crippen LogP contribution in [0, 0.1) is 0 Å². The lowest BCUT2D eigenvalue weighted by atomic mass is 9.87. The van der Waals surface area contributed by atoms with Crippen molar-refractivity contribution < 1.29 is 4.42 Å². The molecule has 6 heteroatoms. The summed E-state index contributed by atoms with van der Waals surface area (Å²) >= 11 is 1.89. The van der Waals surface area contributed by atoms with Crippen molar-refractivity contribution in [1.29, 1.82) is 0 Å². The molecule has 3 aromatic heterocycles. The Balaban J connectivity index is 0.890. The maximum Gasteiger partial charge on any atom is 0.164 e. The molecule has 300 valence electrons. The second-order valence-electron chi connectivity index (χ2n) is 16.4. The third kappa shape index (κ3) is 6.03. The summed E-state index contributed by atoms with van der Waals surface area (Å²) in [6.07, 6.45) is 0. The van der Waals surface area contributed by atoms with E-state index < -0.39 is 0 Å². The van der Waals surface area contributed by atoms with Crippen LogP contribution in [0.25, 0.3) is 110 Å². The van der Waals surface area contributed by atoms with Gasteiger partial charge >= 0.3 is 0 Å². The van der Waals surface area contributed by atoms with E-state index in [-0.39, 0.29) is 6.04 Å². The Bertz CT molecular complexity index is 3770. The zero-order chi connectivity index (χ0) is 42.1. The van der Waals surface area contributed by atoms with E-state index in [1.807, 2.05) is 53.8 Å². The second-order valence-corrected chi connectivity index (χ2v) is 17.4. The van der Waals surface area contributed by atoms with Gasteiger partial charge in [-0.3, -0.25) is 0 Å². The maximum atomic E-state index is 6.38. The van der Waals surface area contributed by atoms with Crippen LogP contribution in [0.1, 0.15) is 16.5 Å². The highest BCUT2D eigenvalue weighted by molar-refractivity contribution is 7.19. The molecule has 1 aliphatic rings. The summed E-state index contributed by atoms with van der Waals surface area (Å²) in [4.78, 5) is 16.6. The number of nitrogens with one attached hydrogen (secondary N) is 1. The van der Waals surface area contributed by atoms with Gasteiger partial charge in [0.1, 0.15) is 11.2 Å². The molecule has 0 aliphatic carbocycles. The van der Waals surface area contributed by atoms with E-state index in [1.165, 1.54) is 42.4 Å². The Morgan fingerprint density at radius 2 is 1.02 bits per heavy atom. The molecule has 0 bridgehead atoms. The first kappa shape index (κ1) is 36.5. The number of para-hydroxylation sites is 2. The van der Waals surface area contributed by atoms with Crippen molar-refractivity contribution in [2.45, 2.75) is 6.04 Å². The van der Waals surface area contributed by atoms with Gasteiger partial charge in [-0.2, -0.15) is 0 Å². The number of anilines is 1. The van der Waals surface area contributed by atoms with Crippen molar-refractivity contribution in [3.63, 3.8) is 0 Å². The van der Waals surface area contributed by atoms with Gasteiger partial charge in [-0.25, -0.2) is 15.0 Å². The predicted molar refractivity (Wildman–Crippen MR) is 265 cm³/mol. The first-order chi connectivity index (χ1) is 31.7. The van der Waals surface area contributed by atoms with Crippen LogP contribution in [0.15, 0.2) is 211 Å². The van der Waals surface area contributed by atoms with Crippen LogP contribution in [-0.4, -0.2) is 15.0 Å². The molecule has 9 aromatic carbocycles. The van der Waals surface area contributed by atoms with E-state index in [0.29, 0.717) is 17.5 Å². The van der Waals surface area contributed by atoms with Gasteiger partial charge < -0.3 is 9.73 Å². The second kappa shape index (κ2) is 14.7. The quantitative estimate of drug-likeness (QED) is 0.181.